The van der Waals surface area contributed by atoms with Crippen molar-refractivity contribution in [2.45, 2.75) is 46.4 Å². The summed E-state index contributed by atoms with van der Waals surface area (Å²) < 4.78 is 11.0. The van der Waals surface area contributed by atoms with E-state index in [1.54, 1.807) is 30.6 Å². The lowest BCUT2D eigenvalue weighted by molar-refractivity contribution is 0.0669. The van der Waals surface area contributed by atoms with E-state index in [1.165, 1.54) is 0 Å². The van der Waals surface area contributed by atoms with Gasteiger partial charge in [-0.1, -0.05) is 19.1 Å². The first-order chi connectivity index (χ1) is 14.5. The van der Waals surface area contributed by atoms with E-state index in [0.717, 1.165) is 34.2 Å². The smallest absolute Gasteiger partial charge is 0.254 e. The van der Waals surface area contributed by atoms with Crippen molar-refractivity contribution in [3.63, 3.8) is 0 Å². The molecule has 0 radical (unpaired) electrons. The second-order valence-electron chi connectivity index (χ2n) is 7.26. The zero-order chi connectivity index (χ0) is 21.5. The fourth-order valence-electron chi connectivity index (χ4n) is 3.06. The van der Waals surface area contributed by atoms with E-state index in [-0.39, 0.29) is 11.9 Å². The molecule has 0 aliphatic heterocycles. The van der Waals surface area contributed by atoms with Crippen LogP contribution in [0, 0.1) is 6.92 Å². The second kappa shape index (κ2) is 10.3. The van der Waals surface area contributed by atoms with Gasteiger partial charge in [0.2, 0.25) is 0 Å². The third-order valence-corrected chi connectivity index (χ3v) is 5.88. The minimum absolute atomic E-state index is 0.00226. The molecule has 0 bridgehead atoms. The van der Waals surface area contributed by atoms with Crippen molar-refractivity contribution in [3.8, 4) is 11.5 Å². The van der Waals surface area contributed by atoms with Gasteiger partial charge in [0.1, 0.15) is 23.1 Å². The molecule has 1 amide bonds. The minimum Gasteiger partial charge on any atom is -0.497 e. The fraction of sp³-hybridized carbons (Fsp3) is 0.333. The van der Waals surface area contributed by atoms with Crippen LogP contribution >= 0.6 is 11.3 Å². The summed E-state index contributed by atoms with van der Waals surface area (Å²) in [5.74, 6) is 1.57. The first-order valence-corrected chi connectivity index (χ1v) is 11.0. The number of rotatable bonds is 9. The third kappa shape index (κ3) is 5.60. The van der Waals surface area contributed by atoms with Crippen LogP contribution in [0.15, 0.2) is 53.9 Å². The average molecular weight is 425 g/mol. The van der Waals surface area contributed by atoms with Crippen molar-refractivity contribution in [2.24, 2.45) is 0 Å². The van der Waals surface area contributed by atoms with E-state index in [4.69, 9.17) is 9.47 Å². The molecular formula is C24H28N2O3S. The van der Waals surface area contributed by atoms with Crippen LogP contribution in [0.4, 0.5) is 0 Å². The van der Waals surface area contributed by atoms with Gasteiger partial charge < -0.3 is 14.4 Å². The van der Waals surface area contributed by atoms with Gasteiger partial charge in [0, 0.05) is 17.0 Å². The Labute approximate surface area is 182 Å². The highest BCUT2D eigenvalue weighted by atomic mass is 32.1. The topological polar surface area (TPSA) is 51.7 Å². The Morgan fingerprint density at radius 1 is 1.17 bits per heavy atom. The van der Waals surface area contributed by atoms with Crippen LogP contribution in [0.3, 0.4) is 0 Å². The van der Waals surface area contributed by atoms with Crippen LogP contribution < -0.4 is 9.47 Å². The minimum atomic E-state index is -0.00226. The second-order valence-corrected chi connectivity index (χ2v) is 8.20. The molecular weight excluding hydrogens is 396 g/mol. The van der Waals surface area contributed by atoms with Gasteiger partial charge in [-0.2, -0.15) is 0 Å². The molecule has 0 N–H and O–H groups in total. The largest absolute Gasteiger partial charge is 0.497 e. The lowest BCUT2D eigenvalue weighted by atomic mass is 10.1. The highest BCUT2D eigenvalue weighted by Gasteiger charge is 2.22. The van der Waals surface area contributed by atoms with Crippen LogP contribution in [0.25, 0.3) is 0 Å². The molecule has 2 aromatic carbocycles. The molecule has 3 aromatic rings. The molecule has 3 rings (SSSR count). The van der Waals surface area contributed by atoms with Crippen molar-refractivity contribution in [3.05, 3.63) is 75.7 Å². The predicted molar refractivity (Wildman–Crippen MR) is 120 cm³/mol. The van der Waals surface area contributed by atoms with Gasteiger partial charge in [0.25, 0.3) is 5.91 Å². The summed E-state index contributed by atoms with van der Waals surface area (Å²) in [5.41, 5.74) is 2.69. The van der Waals surface area contributed by atoms with Gasteiger partial charge in [0.05, 0.1) is 19.3 Å². The van der Waals surface area contributed by atoms with Gasteiger partial charge in [0.15, 0.2) is 0 Å². The molecule has 1 atom stereocenters. The van der Waals surface area contributed by atoms with E-state index in [2.05, 4.69) is 18.8 Å². The number of hydrogen-bond acceptors (Lipinski definition) is 5. The predicted octanol–water partition coefficient (Wildman–Crippen LogP) is 5.48. The van der Waals surface area contributed by atoms with Gasteiger partial charge >= 0.3 is 0 Å². The zero-order valence-electron chi connectivity index (χ0n) is 17.9. The number of methoxy groups -OCH3 is 1. The number of nitrogens with zero attached hydrogens (tertiary/aromatic N) is 2. The van der Waals surface area contributed by atoms with Crippen molar-refractivity contribution >= 4 is 17.2 Å². The number of carbonyl (C=O) groups is 1. The van der Waals surface area contributed by atoms with Gasteiger partial charge in [-0.15, -0.1) is 11.3 Å². The van der Waals surface area contributed by atoms with E-state index in [9.17, 15) is 4.79 Å². The van der Waals surface area contributed by atoms with Gasteiger partial charge in [-0.05, 0) is 62.2 Å². The van der Waals surface area contributed by atoms with E-state index in [0.29, 0.717) is 18.7 Å². The van der Waals surface area contributed by atoms with E-state index < -0.39 is 0 Å². The van der Waals surface area contributed by atoms with Crippen molar-refractivity contribution < 1.29 is 14.3 Å². The Balaban J connectivity index is 1.68. The number of aryl methyl sites for hydroxylation is 1. The normalized spacial score (nSPS) is 11.7. The number of benzene rings is 2. The Morgan fingerprint density at radius 3 is 2.60 bits per heavy atom. The zero-order valence-corrected chi connectivity index (χ0v) is 18.7. The van der Waals surface area contributed by atoms with Crippen molar-refractivity contribution in [2.75, 3.05) is 7.11 Å². The first-order valence-electron chi connectivity index (χ1n) is 10.1. The Bertz CT molecular complexity index is 969. The van der Waals surface area contributed by atoms with Crippen LogP contribution in [-0.2, 0) is 13.2 Å². The molecule has 0 saturated carbocycles. The molecule has 0 saturated heterocycles. The Kier molecular flexibility index (Phi) is 7.46. The van der Waals surface area contributed by atoms with Crippen molar-refractivity contribution in [1.82, 2.24) is 9.88 Å². The maximum atomic E-state index is 13.1. The van der Waals surface area contributed by atoms with E-state index in [1.807, 2.05) is 53.6 Å². The van der Waals surface area contributed by atoms with Crippen LogP contribution in [0.1, 0.15) is 46.9 Å². The molecule has 1 unspecified atom stereocenters. The molecule has 5 nitrogen and oxygen atoms in total. The molecule has 0 aliphatic carbocycles. The quantitative estimate of drug-likeness (QED) is 0.456. The number of amides is 1. The van der Waals surface area contributed by atoms with Crippen LogP contribution in [0.2, 0.25) is 0 Å². The summed E-state index contributed by atoms with van der Waals surface area (Å²) in [7, 11) is 1.62. The number of thiazole rings is 1. The summed E-state index contributed by atoms with van der Waals surface area (Å²) in [6.45, 7) is 7.08. The van der Waals surface area contributed by atoms with Crippen LogP contribution in [-0.4, -0.2) is 28.9 Å². The molecule has 1 heterocycles. The summed E-state index contributed by atoms with van der Waals surface area (Å²) >= 11 is 1.56. The van der Waals surface area contributed by atoms with E-state index >= 15 is 0 Å². The molecule has 0 fully saturated rings. The Hall–Kier alpha value is -2.86. The summed E-state index contributed by atoms with van der Waals surface area (Å²) in [6.07, 6.45) is 0.870. The third-order valence-electron chi connectivity index (χ3n) is 5.00. The number of carbonyl (C=O) groups excluding carboxylic acids is 1. The van der Waals surface area contributed by atoms with Gasteiger partial charge in [-0.3, -0.25) is 4.79 Å². The number of aromatic nitrogens is 1. The maximum absolute atomic E-state index is 13.1. The van der Waals surface area contributed by atoms with Gasteiger partial charge in [-0.25, -0.2) is 4.98 Å². The number of hydrogen-bond donors (Lipinski definition) is 0. The summed E-state index contributed by atoms with van der Waals surface area (Å²) in [5, 5.41) is 2.90. The standard InChI is InChI=1S/C24H28N2O3S/c1-5-18(3)26(24(27)19-9-11-21(28-4)12-10-19)14-20-16-30-23(25-20)15-29-22-8-6-7-17(2)13-22/h6-13,16,18H,5,14-15H2,1-4H3. The molecule has 1 aromatic heterocycles. The van der Waals surface area contributed by atoms with Crippen molar-refractivity contribution in [1.29, 1.82) is 0 Å². The maximum Gasteiger partial charge on any atom is 0.254 e. The summed E-state index contributed by atoms with van der Waals surface area (Å²) in [4.78, 5) is 19.7. The first kappa shape index (κ1) is 21.8. The molecule has 30 heavy (non-hydrogen) atoms. The fourth-order valence-corrected chi connectivity index (χ4v) is 3.76. The Morgan fingerprint density at radius 2 is 1.93 bits per heavy atom. The molecule has 6 heteroatoms. The van der Waals surface area contributed by atoms with Crippen LogP contribution in [0.5, 0.6) is 11.5 Å². The average Bonchev–Trinajstić information content (AvgIpc) is 3.23. The molecule has 0 spiro atoms. The highest BCUT2D eigenvalue weighted by molar-refractivity contribution is 7.09. The lowest BCUT2D eigenvalue weighted by Crippen LogP contribution is -2.37. The SMILES string of the molecule is CCC(C)N(Cc1csc(COc2cccc(C)c2)n1)C(=O)c1ccc(OC)cc1. The highest BCUT2D eigenvalue weighted by Crippen LogP contribution is 2.20. The molecule has 0 aliphatic rings. The lowest BCUT2D eigenvalue weighted by Gasteiger charge is -2.28. The summed E-state index contributed by atoms with van der Waals surface area (Å²) in [6, 6.07) is 15.3. The monoisotopic (exact) mass is 424 g/mol. The number of ether oxygens (including phenoxy) is 2. The molecule has 158 valence electrons.